The van der Waals surface area contributed by atoms with E-state index >= 15 is 0 Å². The van der Waals surface area contributed by atoms with Crippen LogP contribution >= 0.6 is 11.6 Å². The molecule has 3 aromatic rings. The van der Waals surface area contributed by atoms with Gasteiger partial charge in [0.2, 0.25) is 0 Å². The lowest BCUT2D eigenvalue weighted by molar-refractivity contribution is 0.283. The third kappa shape index (κ3) is 2.41. The van der Waals surface area contributed by atoms with Gasteiger partial charge in [-0.2, -0.15) is 0 Å². The van der Waals surface area contributed by atoms with Crippen LogP contribution in [0.15, 0.2) is 42.5 Å². The predicted molar refractivity (Wildman–Crippen MR) is 78.3 cm³/mol. The topological polar surface area (TPSA) is 25.2 Å². The maximum absolute atomic E-state index is 14.1. The van der Waals surface area contributed by atoms with Gasteiger partial charge >= 0.3 is 0 Å². The van der Waals surface area contributed by atoms with Crippen molar-refractivity contribution in [1.82, 2.24) is 4.57 Å². The largest absolute Gasteiger partial charge is 0.392 e. The van der Waals surface area contributed by atoms with Crippen molar-refractivity contribution in [2.75, 3.05) is 0 Å². The minimum atomic E-state index is -0.425. The standard InChI is InChI=1S/C16H12ClF2NO/c17-16-13(9-21)12-5-2-6-14(19)15(12)20(16)8-10-3-1-4-11(18)7-10/h1-7,21H,8-9H2. The molecule has 0 fully saturated rings. The molecule has 5 heteroatoms. The number of benzene rings is 2. The van der Waals surface area contributed by atoms with Crippen molar-refractivity contribution in [3.05, 3.63) is 70.4 Å². The Hall–Kier alpha value is -1.91. The molecule has 0 unspecified atom stereocenters. The third-order valence-corrected chi connectivity index (χ3v) is 3.89. The Balaban J connectivity index is 2.20. The summed E-state index contributed by atoms with van der Waals surface area (Å²) in [4.78, 5) is 0. The molecule has 0 saturated heterocycles. The molecule has 3 rings (SSSR count). The highest BCUT2D eigenvalue weighted by Crippen LogP contribution is 2.32. The highest BCUT2D eigenvalue weighted by Gasteiger charge is 2.18. The Bertz CT molecular complexity index is 813. The Kier molecular flexibility index (Phi) is 3.66. The van der Waals surface area contributed by atoms with Crippen molar-refractivity contribution < 1.29 is 13.9 Å². The van der Waals surface area contributed by atoms with Gasteiger partial charge in [0.25, 0.3) is 0 Å². The van der Waals surface area contributed by atoms with Crippen LogP contribution in [0.1, 0.15) is 11.1 Å². The first-order valence-electron chi connectivity index (χ1n) is 6.42. The number of aliphatic hydroxyl groups is 1. The zero-order valence-corrected chi connectivity index (χ0v) is 11.7. The van der Waals surface area contributed by atoms with Crippen molar-refractivity contribution in [3.63, 3.8) is 0 Å². The second-order valence-corrected chi connectivity index (χ2v) is 5.14. The van der Waals surface area contributed by atoms with Crippen LogP contribution in [0.4, 0.5) is 8.78 Å². The molecule has 2 aromatic carbocycles. The van der Waals surface area contributed by atoms with E-state index < -0.39 is 5.82 Å². The predicted octanol–water partition coefficient (Wildman–Crippen LogP) is 4.11. The van der Waals surface area contributed by atoms with Gasteiger partial charge in [0.1, 0.15) is 16.8 Å². The van der Waals surface area contributed by atoms with Crippen molar-refractivity contribution >= 4 is 22.5 Å². The first kappa shape index (κ1) is 14.0. The summed E-state index contributed by atoms with van der Waals surface area (Å²) < 4.78 is 29.0. The number of fused-ring (bicyclic) bond motifs is 1. The lowest BCUT2D eigenvalue weighted by Crippen LogP contribution is -2.01. The number of para-hydroxylation sites is 1. The van der Waals surface area contributed by atoms with Crippen LogP contribution in [0.3, 0.4) is 0 Å². The van der Waals surface area contributed by atoms with Crippen LogP contribution < -0.4 is 0 Å². The summed E-state index contributed by atoms with van der Waals surface area (Å²) in [7, 11) is 0. The van der Waals surface area contributed by atoms with E-state index in [9.17, 15) is 13.9 Å². The number of aromatic nitrogens is 1. The summed E-state index contributed by atoms with van der Waals surface area (Å²) in [6.45, 7) is -0.0526. The number of hydrogen-bond donors (Lipinski definition) is 1. The van der Waals surface area contributed by atoms with Crippen LogP contribution in [0.25, 0.3) is 10.9 Å². The molecule has 0 atom stereocenters. The quantitative estimate of drug-likeness (QED) is 0.774. The molecule has 2 nitrogen and oxygen atoms in total. The first-order valence-corrected chi connectivity index (χ1v) is 6.80. The molecule has 108 valence electrons. The number of rotatable bonds is 3. The van der Waals surface area contributed by atoms with E-state index in [1.165, 1.54) is 18.2 Å². The van der Waals surface area contributed by atoms with Gasteiger partial charge in [0.15, 0.2) is 0 Å². The number of halogens is 3. The van der Waals surface area contributed by atoms with Gasteiger partial charge in [0.05, 0.1) is 12.1 Å². The second-order valence-electron chi connectivity index (χ2n) is 4.78. The number of nitrogens with zero attached hydrogens (tertiary/aromatic N) is 1. The molecule has 0 spiro atoms. The van der Waals surface area contributed by atoms with E-state index in [0.29, 0.717) is 22.0 Å². The molecule has 0 bridgehead atoms. The van der Waals surface area contributed by atoms with E-state index in [1.807, 2.05) is 0 Å². The summed E-state index contributed by atoms with van der Waals surface area (Å²) in [5.41, 5.74) is 1.46. The van der Waals surface area contributed by atoms with Gasteiger partial charge in [0, 0.05) is 17.5 Å². The molecular formula is C16H12ClF2NO. The van der Waals surface area contributed by atoms with Crippen molar-refractivity contribution in [3.8, 4) is 0 Å². The second kappa shape index (κ2) is 5.47. The summed E-state index contributed by atoms with van der Waals surface area (Å²) in [6, 6.07) is 10.7. The zero-order valence-electron chi connectivity index (χ0n) is 11.0. The van der Waals surface area contributed by atoms with Gasteiger partial charge < -0.3 is 9.67 Å². The van der Waals surface area contributed by atoms with Crippen molar-refractivity contribution in [2.45, 2.75) is 13.2 Å². The SMILES string of the molecule is OCc1c(Cl)n(Cc2cccc(F)c2)c2c(F)cccc12. The normalized spacial score (nSPS) is 11.2. The molecule has 0 aliphatic heterocycles. The van der Waals surface area contributed by atoms with E-state index in [0.717, 1.165) is 0 Å². The fourth-order valence-electron chi connectivity index (χ4n) is 2.52. The number of aliphatic hydroxyl groups excluding tert-OH is 1. The third-order valence-electron chi connectivity index (χ3n) is 3.46. The Morgan fingerprint density at radius 3 is 2.57 bits per heavy atom. The lowest BCUT2D eigenvalue weighted by Gasteiger charge is -2.08. The highest BCUT2D eigenvalue weighted by atomic mass is 35.5. The molecule has 1 N–H and O–H groups in total. The van der Waals surface area contributed by atoms with Gasteiger partial charge in [-0.25, -0.2) is 8.78 Å². The fraction of sp³-hybridized carbons (Fsp3) is 0.125. The molecule has 0 saturated carbocycles. The average Bonchev–Trinajstić information content (AvgIpc) is 2.72. The Labute approximate surface area is 125 Å². The minimum absolute atomic E-state index is 0.230. The van der Waals surface area contributed by atoms with Gasteiger partial charge in [-0.3, -0.25) is 0 Å². The fourth-order valence-corrected chi connectivity index (χ4v) is 2.83. The molecular weight excluding hydrogens is 296 g/mol. The molecule has 1 aromatic heterocycles. The van der Waals surface area contributed by atoms with Crippen molar-refractivity contribution in [1.29, 1.82) is 0 Å². The molecule has 0 radical (unpaired) electrons. The van der Waals surface area contributed by atoms with Crippen LogP contribution in [-0.2, 0) is 13.2 Å². The minimum Gasteiger partial charge on any atom is -0.392 e. The molecule has 0 aliphatic rings. The van der Waals surface area contributed by atoms with Crippen LogP contribution in [0.5, 0.6) is 0 Å². The molecule has 1 heterocycles. The number of hydrogen-bond acceptors (Lipinski definition) is 1. The molecule has 0 amide bonds. The summed E-state index contributed by atoms with van der Waals surface area (Å²) in [5.74, 6) is -0.784. The summed E-state index contributed by atoms with van der Waals surface area (Å²) in [6.07, 6.45) is 0. The van der Waals surface area contributed by atoms with Crippen LogP contribution in [-0.4, -0.2) is 9.67 Å². The summed E-state index contributed by atoms with van der Waals surface area (Å²) >= 11 is 6.26. The Morgan fingerprint density at radius 2 is 1.86 bits per heavy atom. The van der Waals surface area contributed by atoms with Gasteiger partial charge in [-0.15, -0.1) is 0 Å². The van der Waals surface area contributed by atoms with Crippen molar-refractivity contribution in [2.24, 2.45) is 0 Å². The maximum Gasteiger partial charge on any atom is 0.147 e. The monoisotopic (exact) mass is 307 g/mol. The highest BCUT2D eigenvalue weighted by molar-refractivity contribution is 6.32. The summed E-state index contributed by atoms with van der Waals surface area (Å²) in [5, 5.41) is 10.3. The average molecular weight is 308 g/mol. The Morgan fingerprint density at radius 1 is 1.10 bits per heavy atom. The molecule has 0 aliphatic carbocycles. The van der Waals surface area contributed by atoms with E-state index in [2.05, 4.69) is 0 Å². The van der Waals surface area contributed by atoms with Crippen LogP contribution in [0, 0.1) is 11.6 Å². The van der Waals surface area contributed by atoms with Gasteiger partial charge in [-0.05, 0) is 23.8 Å². The van der Waals surface area contributed by atoms with E-state index in [-0.39, 0.29) is 24.1 Å². The van der Waals surface area contributed by atoms with Gasteiger partial charge in [-0.1, -0.05) is 35.9 Å². The first-order chi connectivity index (χ1) is 10.1. The molecule has 21 heavy (non-hydrogen) atoms. The lowest BCUT2D eigenvalue weighted by atomic mass is 10.2. The maximum atomic E-state index is 14.1. The van der Waals surface area contributed by atoms with E-state index in [1.54, 1.807) is 28.8 Å². The smallest absolute Gasteiger partial charge is 0.147 e. The van der Waals surface area contributed by atoms with Crippen LogP contribution in [0.2, 0.25) is 5.15 Å². The zero-order chi connectivity index (χ0) is 15.0. The van der Waals surface area contributed by atoms with E-state index in [4.69, 9.17) is 11.6 Å².